The summed E-state index contributed by atoms with van der Waals surface area (Å²) in [6, 6.07) is 15.5. The Morgan fingerprint density at radius 3 is 2.75 bits per heavy atom. The van der Waals surface area contributed by atoms with Crippen LogP contribution in [0.5, 0.6) is 5.75 Å². The Labute approximate surface area is 189 Å². The molecule has 1 aliphatic rings. The minimum Gasteiger partial charge on any atom is -0.479 e. The van der Waals surface area contributed by atoms with Gasteiger partial charge < -0.3 is 15.4 Å². The maximum atomic E-state index is 12.9. The molecule has 2 amide bonds. The summed E-state index contributed by atoms with van der Waals surface area (Å²) in [5, 5.41) is 11.3. The molecule has 2 aromatic carbocycles. The molecule has 0 unspecified atom stereocenters. The number of amides is 2. The van der Waals surface area contributed by atoms with Gasteiger partial charge in [-0.15, -0.1) is 11.3 Å². The molecule has 1 aliphatic heterocycles. The van der Waals surface area contributed by atoms with E-state index in [4.69, 9.17) is 4.74 Å². The van der Waals surface area contributed by atoms with Gasteiger partial charge in [-0.3, -0.25) is 14.3 Å². The normalized spacial score (nSPS) is 15.2. The summed E-state index contributed by atoms with van der Waals surface area (Å²) >= 11 is 1.42. The predicted octanol–water partition coefficient (Wildman–Crippen LogP) is 4.73. The maximum absolute atomic E-state index is 12.9. The highest BCUT2D eigenvalue weighted by Gasteiger charge is 2.24. The Morgan fingerprint density at radius 2 is 1.97 bits per heavy atom. The number of fused-ring (bicyclic) bond motifs is 2. The van der Waals surface area contributed by atoms with Crippen LogP contribution in [0.4, 0.5) is 11.4 Å². The van der Waals surface area contributed by atoms with Crippen LogP contribution in [-0.4, -0.2) is 27.7 Å². The van der Waals surface area contributed by atoms with E-state index in [0.717, 1.165) is 21.5 Å². The summed E-state index contributed by atoms with van der Waals surface area (Å²) in [5.74, 6) is 0.173. The summed E-state index contributed by atoms with van der Waals surface area (Å²) < 4.78 is 7.52. The molecule has 1 atom stereocenters. The standard InChI is InChI=1S/C24H22N4O3S/c1-13-4-6-16(7-5-13)12-28-24-18(14(2)27-28)11-21(32-24)23(30)25-17-8-9-20-19(10-17)26-22(29)15(3)31-20/h4-11,15H,12H2,1-3H3,(H,25,30)(H,26,29)/t15-/m0/s1. The van der Waals surface area contributed by atoms with Gasteiger partial charge in [0.25, 0.3) is 11.8 Å². The zero-order valence-corrected chi connectivity index (χ0v) is 18.7. The number of anilines is 2. The van der Waals surface area contributed by atoms with Crippen LogP contribution in [0, 0.1) is 13.8 Å². The van der Waals surface area contributed by atoms with Crippen LogP contribution in [0.25, 0.3) is 10.2 Å². The van der Waals surface area contributed by atoms with Gasteiger partial charge >= 0.3 is 0 Å². The number of thiophene rings is 1. The summed E-state index contributed by atoms with van der Waals surface area (Å²) in [5.41, 5.74) is 4.40. The molecule has 3 heterocycles. The van der Waals surface area contributed by atoms with Crippen molar-refractivity contribution in [1.29, 1.82) is 0 Å². The lowest BCUT2D eigenvalue weighted by Gasteiger charge is -2.23. The molecule has 162 valence electrons. The second-order valence-electron chi connectivity index (χ2n) is 7.97. The number of ether oxygens (including phenoxy) is 1. The number of nitrogens with zero attached hydrogens (tertiary/aromatic N) is 2. The van der Waals surface area contributed by atoms with Crippen molar-refractivity contribution in [3.8, 4) is 5.75 Å². The van der Waals surface area contributed by atoms with Gasteiger partial charge in [0.2, 0.25) is 0 Å². The minimum absolute atomic E-state index is 0.205. The van der Waals surface area contributed by atoms with Gasteiger partial charge in [-0.05, 0) is 50.6 Å². The lowest BCUT2D eigenvalue weighted by atomic mass is 10.1. The fraction of sp³-hybridized carbons (Fsp3) is 0.208. The molecule has 0 aliphatic carbocycles. The van der Waals surface area contributed by atoms with Crippen molar-refractivity contribution in [3.05, 3.63) is 70.2 Å². The number of nitrogens with one attached hydrogen (secondary N) is 2. The van der Waals surface area contributed by atoms with E-state index in [2.05, 4.69) is 46.9 Å². The quantitative estimate of drug-likeness (QED) is 0.474. The molecule has 0 saturated heterocycles. The van der Waals surface area contributed by atoms with Gasteiger partial charge in [0.05, 0.1) is 22.8 Å². The molecule has 2 aromatic heterocycles. The Morgan fingerprint density at radius 1 is 1.19 bits per heavy atom. The van der Waals surface area contributed by atoms with Gasteiger partial charge in [-0.1, -0.05) is 29.8 Å². The average Bonchev–Trinajstić information content (AvgIpc) is 3.32. The highest BCUT2D eigenvalue weighted by Crippen LogP contribution is 2.33. The van der Waals surface area contributed by atoms with Crippen LogP contribution < -0.4 is 15.4 Å². The molecule has 4 aromatic rings. The Kier molecular flexibility index (Phi) is 4.94. The number of hydrogen-bond acceptors (Lipinski definition) is 5. The van der Waals surface area contributed by atoms with Gasteiger partial charge in [0.15, 0.2) is 6.10 Å². The van der Waals surface area contributed by atoms with E-state index in [-0.39, 0.29) is 11.8 Å². The third-order valence-corrected chi connectivity index (χ3v) is 6.60. The van der Waals surface area contributed by atoms with Gasteiger partial charge in [-0.25, -0.2) is 0 Å². The number of aryl methyl sites for hydroxylation is 2. The predicted molar refractivity (Wildman–Crippen MR) is 126 cm³/mol. The summed E-state index contributed by atoms with van der Waals surface area (Å²) in [6.45, 7) is 6.36. The highest BCUT2D eigenvalue weighted by atomic mass is 32.1. The van der Waals surface area contributed by atoms with Crippen molar-refractivity contribution in [3.63, 3.8) is 0 Å². The first-order chi connectivity index (χ1) is 15.4. The van der Waals surface area contributed by atoms with Crippen LogP contribution in [0.1, 0.15) is 33.4 Å². The van der Waals surface area contributed by atoms with Crippen LogP contribution in [-0.2, 0) is 11.3 Å². The van der Waals surface area contributed by atoms with Crippen LogP contribution >= 0.6 is 11.3 Å². The number of carbonyl (C=O) groups excluding carboxylic acids is 2. The number of rotatable bonds is 4. The topological polar surface area (TPSA) is 85.3 Å². The maximum Gasteiger partial charge on any atom is 0.265 e. The number of benzene rings is 2. The third kappa shape index (κ3) is 3.73. The number of carbonyl (C=O) groups is 2. The van der Waals surface area contributed by atoms with Crippen molar-refractivity contribution < 1.29 is 14.3 Å². The average molecular weight is 447 g/mol. The molecule has 32 heavy (non-hydrogen) atoms. The fourth-order valence-corrected chi connectivity index (χ4v) is 4.73. The number of hydrogen-bond donors (Lipinski definition) is 2. The van der Waals surface area contributed by atoms with Crippen molar-refractivity contribution in [2.24, 2.45) is 0 Å². The summed E-state index contributed by atoms with van der Waals surface area (Å²) in [7, 11) is 0. The van der Waals surface area contributed by atoms with Crippen molar-refractivity contribution in [1.82, 2.24) is 9.78 Å². The molecule has 0 radical (unpaired) electrons. The first-order valence-electron chi connectivity index (χ1n) is 10.3. The van der Waals surface area contributed by atoms with Crippen molar-refractivity contribution >= 4 is 44.7 Å². The lowest BCUT2D eigenvalue weighted by molar-refractivity contribution is -0.122. The van der Waals surface area contributed by atoms with Crippen molar-refractivity contribution in [2.45, 2.75) is 33.4 Å². The molecular formula is C24H22N4O3S. The summed E-state index contributed by atoms with van der Waals surface area (Å²) in [4.78, 5) is 26.4. The summed E-state index contributed by atoms with van der Waals surface area (Å²) in [6.07, 6.45) is -0.538. The first kappa shape index (κ1) is 20.3. The zero-order chi connectivity index (χ0) is 22.4. The molecule has 0 saturated carbocycles. The SMILES string of the molecule is Cc1ccc(Cn2nc(C)c3cc(C(=O)Nc4ccc5c(c4)NC(=O)[C@H](C)O5)sc32)cc1. The number of aromatic nitrogens is 2. The van der Waals surface area contributed by atoms with E-state index in [0.29, 0.717) is 28.5 Å². The monoisotopic (exact) mass is 446 g/mol. The Bertz CT molecular complexity index is 1350. The molecule has 7 nitrogen and oxygen atoms in total. The van der Waals surface area contributed by atoms with E-state index in [1.807, 2.05) is 17.7 Å². The fourth-order valence-electron chi connectivity index (χ4n) is 3.68. The molecule has 0 bridgehead atoms. The molecule has 5 rings (SSSR count). The minimum atomic E-state index is -0.538. The van der Waals surface area contributed by atoms with E-state index in [1.54, 1.807) is 25.1 Å². The van der Waals surface area contributed by atoms with Crippen LogP contribution in [0.2, 0.25) is 0 Å². The van der Waals surface area contributed by atoms with Gasteiger partial charge in [0.1, 0.15) is 10.6 Å². The van der Waals surface area contributed by atoms with E-state index >= 15 is 0 Å². The van der Waals surface area contributed by atoms with E-state index < -0.39 is 6.10 Å². The zero-order valence-electron chi connectivity index (χ0n) is 17.9. The van der Waals surface area contributed by atoms with E-state index in [1.165, 1.54) is 16.9 Å². The smallest absolute Gasteiger partial charge is 0.265 e. The second kappa shape index (κ2) is 7.80. The lowest BCUT2D eigenvalue weighted by Crippen LogP contribution is -2.34. The van der Waals surface area contributed by atoms with Crippen LogP contribution in [0.3, 0.4) is 0 Å². The highest BCUT2D eigenvalue weighted by molar-refractivity contribution is 7.20. The first-order valence-corrected chi connectivity index (χ1v) is 11.1. The van der Waals surface area contributed by atoms with Crippen LogP contribution in [0.15, 0.2) is 48.5 Å². The Hall–Kier alpha value is -3.65. The van der Waals surface area contributed by atoms with Crippen molar-refractivity contribution in [2.75, 3.05) is 10.6 Å². The molecular weight excluding hydrogens is 424 g/mol. The molecule has 8 heteroatoms. The molecule has 0 fully saturated rings. The largest absolute Gasteiger partial charge is 0.479 e. The van der Waals surface area contributed by atoms with Gasteiger partial charge in [0, 0.05) is 11.1 Å². The van der Waals surface area contributed by atoms with Gasteiger partial charge in [-0.2, -0.15) is 5.10 Å². The third-order valence-electron chi connectivity index (χ3n) is 5.45. The Balaban J connectivity index is 1.38. The van der Waals surface area contributed by atoms with E-state index in [9.17, 15) is 9.59 Å². The molecule has 0 spiro atoms. The molecule has 2 N–H and O–H groups in total. The second-order valence-corrected chi connectivity index (χ2v) is 9.00.